The van der Waals surface area contributed by atoms with Crippen molar-refractivity contribution in [2.75, 3.05) is 18.4 Å². The average molecular weight is 425 g/mol. The van der Waals surface area contributed by atoms with E-state index in [2.05, 4.69) is 25.9 Å². The number of aryl methyl sites for hydroxylation is 1. The van der Waals surface area contributed by atoms with Crippen LogP contribution < -0.4 is 16.0 Å². The number of aromatic nitrogens is 2. The average Bonchev–Trinajstić information content (AvgIpc) is 3.09. The highest BCUT2D eigenvalue weighted by molar-refractivity contribution is 8.09. The lowest BCUT2D eigenvalue weighted by Crippen LogP contribution is -2.34. The molecule has 0 amide bonds. The van der Waals surface area contributed by atoms with E-state index in [-0.39, 0.29) is 11.3 Å². The van der Waals surface area contributed by atoms with E-state index in [1.165, 1.54) is 0 Å². The third-order valence-corrected chi connectivity index (χ3v) is 5.20. The maximum Gasteiger partial charge on any atom is 0.433 e. The van der Waals surface area contributed by atoms with Gasteiger partial charge in [0, 0.05) is 36.1 Å². The van der Waals surface area contributed by atoms with Gasteiger partial charge in [0.15, 0.2) is 0 Å². The van der Waals surface area contributed by atoms with E-state index in [0.717, 1.165) is 28.3 Å². The zero-order chi connectivity index (χ0) is 21.0. The van der Waals surface area contributed by atoms with Gasteiger partial charge in [-0.2, -0.15) is 13.2 Å². The van der Waals surface area contributed by atoms with Crippen LogP contribution in [-0.2, 0) is 6.18 Å². The van der Waals surface area contributed by atoms with Crippen molar-refractivity contribution >= 4 is 28.3 Å². The molecule has 2 unspecified atom stereocenters. The number of aliphatic hydroxyl groups is 1. The highest BCUT2D eigenvalue weighted by Gasteiger charge is 2.32. The van der Waals surface area contributed by atoms with E-state index in [0.29, 0.717) is 18.8 Å². The van der Waals surface area contributed by atoms with Crippen LogP contribution in [0.1, 0.15) is 23.7 Å². The van der Waals surface area contributed by atoms with E-state index in [9.17, 15) is 18.3 Å². The molecule has 0 saturated heterocycles. The van der Waals surface area contributed by atoms with Crippen LogP contribution in [0.3, 0.4) is 0 Å². The monoisotopic (exact) mass is 425 g/mol. The Labute approximate surface area is 171 Å². The second kappa shape index (κ2) is 9.02. The van der Waals surface area contributed by atoms with Gasteiger partial charge in [0.1, 0.15) is 5.69 Å². The lowest BCUT2D eigenvalue weighted by molar-refractivity contribution is -0.141. The highest BCUT2D eigenvalue weighted by atomic mass is 32.2. The third kappa shape index (κ3) is 6.09. The van der Waals surface area contributed by atoms with Crippen molar-refractivity contribution in [3.8, 4) is 0 Å². The van der Waals surface area contributed by atoms with E-state index in [4.69, 9.17) is 0 Å². The van der Waals surface area contributed by atoms with Crippen LogP contribution in [0.4, 0.5) is 24.8 Å². The standard InChI is InChI=1S/C19H22F3N5OS/c1-11-5-13(15-9-25-17(29-15)10-23-8-12(2)28)7-14(6-11)26-18-24-4-3-16(27-18)19(20,21)22/h3-7,9,12,17,23,25,28H,8,10H2,1-2H3,(H,24,26,27). The predicted octanol–water partition coefficient (Wildman–Crippen LogP) is 3.48. The molecule has 1 aromatic carbocycles. The normalized spacial score (nSPS) is 17.6. The SMILES string of the molecule is Cc1cc(Nc2nccc(C(F)(F)F)n2)cc(C2=CNC(CNCC(C)O)S2)c1. The lowest BCUT2D eigenvalue weighted by Gasteiger charge is -2.14. The topological polar surface area (TPSA) is 82.1 Å². The maximum atomic E-state index is 12.9. The quantitative estimate of drug-likeness (QED) is 0.541. The number of nitrogens with zero attached hydrogens (tertiary/aromatic N) is 2. The molecule has 1 aliphatic heterocycles. The van der Waals surface area contributed by atoms with Crippen molar-refractivity contribution in [2.24, 2.45) is 0 Å². The van der Waals surface area contributed by atoms with Gasteiger partial charge in [-0.25, -0.2) is 9.97 Å². The van der Waals surface area contributed by atoms with Gasteiger partial charge < -0.3 is 21.1 Å². The maximum absolute atomic E-state index is 12.9. The largest absolute Gasteiger partial charge is 0.433 e. The van der Waals surface area contributed by atoms with Gasteiger partial charge in [-0.1, -0.05) is 17.8 Å². The summed E-state index contributed by atoms with van der Waals surface area (Å²) >= 11 is 1.64. The van der Waals surface area contributed by atoms with Crippen molar-refractivity contribution in [3.63, 3.8) is 0 Å². The van der Waals surface area contributed by atoms with Crippen molar-refractivity contribution in [1.82, 2.24) is 20.6 Å². The molecule has 4 N–H and O–H groups in total. The number of thioether (sulfide) groups is 1. The third-order valence-electron chi connectivity index (χ3n) is 4.00. The Bertz CT molecular complexity index is 888. The predicted molar refractivity (Wildman–Crippen MR) is 109 cm³/mol. The van der Waals surface area contributed by atoms with Gasteiger partial charge >= 0.3 is 6.18 Å². The lowest BCUT2D eigenvalue weighted by atomic mass is 10.1. The summed E-state index contributed by atoms with van der Waals surface area (Å²) in [4.78, 5) is 8.45. The molecule has 1 aromatic heterocycles. The first kappa shape index (κ1) is 21.4. The van der Waals surface area contributed by atoms with Crippen LogP contribution in [0.5, 0.6) is 0 Å². The van der Waals surface area contributed by atoms with Crippen LogP contribution in [0.15, 0.2) is 36.7 Å². The fourth-order valence-electron chi connectivity index (χ4n) is 2.77. The Morgan fingerprint density at radius 1 is 1.31 bits per heavy atom. The molecule has 10 heteroatoms. The molecule has 0 radical (unpaired) electrons. The second-order valence-electron chi connectivity index (χ2n) is 6.76. The molecule has 0 spiro atoms. The van der Waals surface area contributed by atoms with Crippen molar-refractivity contribution in [1.29, 1.82) is 0 Å². The van der Waals surface area contributed by atoms with Crippen molar-refractivity contribution in [3.05, 3.63) is 53.5 Å². The smallest absolute Gasteiger partial charge is 0.392 e. The molecule has 156 valence electrons. The fourth-order valence-corrected chi connectivity index (χ4v) is 3.80. The number of halogens is 3. The minimum absolute atomic E-state index is 0.109. The van der Waals surface area contributed by atoms with E-state index in [1.807, 2.05) is 31.3 Å². The number of nitrogens with one attached hydrogen (secondary N) is 3. The minimum Gasteiger partial charge on any atom is -0.392 e. The number of rotatable bonds is 7. The summed E-state index contributed by atoms with van der Waals surface area (Å²) in [5.74, 6) is -0.109. The Morgan fingerprint density at radius 2 is 2.10 bits per heavy atom. The summed E-state index contributed by atoms with van der Waals surface area (Å²) in [6.07, 6.45) is -1.93. The number of alkyl halides is 3. The second-order valence-corrected chi connectivity index (χ2v) is 8.01. The van der Waals surface area contributed by atoms with E-state index >= 15 is 0 Å². The van der Waals surface area contributed by atoms with Crippen LogP contribution in [0.25, 0.3) is 4.91 Å². The van der Waals surface area contributed by atoms with Crippen LogP contribution in [-0.4, -0.2) is 39.6 Å². The minimum atomic E-state index is -4.52. The summed E-state index contributed by atoms with van der Waals surface area (Å²) in [7, 11) is 0. The molecule has 2 heterocycles. The zero-order valence-corrected chi connectivity index (χ0v) is 16.7. The number of anilines is 2. The van der Waals surface area contributed by atoms with Gasteiger partial charge in [-0.15, -0.1) is 0 Å². The Kier molecular flexibility index (Phi) is 6.66. The molecule has 6 nitrogen and oxygen atoms in total. The summed E-state index contributed by atoms with van der Waals surface area (Å²) in [6.45, 7) is 4.84. The van der Waals surface area contributed by atoms with Gasteiger partial charge in [-0.05, 0) is 43.2 Å². The molecule has 0 fully saturated rings. The van der Waals surface area contributed by atoms with Gasteiger partial charge in [0.2, 0.25) is 5.95 Å². The van der Waals surface area contributed by atoms with E-state index < -0.39 is 18.0 Å². The first-order valence-electron chi connectivity index (χ1n) is 9.02. The Hall–Kier alpha value is -2.30. The van der Waals surface area contributed by atoms with Gasteiger partial charge in [-0.3, -0.25) is 0 Å². The number of benzene rings is 1. The molecule has 2 aromatic rings. The molecule has 0 saturated carbocycles. The molecule has 3 rings (SSSR count). The summed E-state index contributed by atoms with van der Waals surface area (Å²) in [5.41, 5.74) is 1.51. The fraction of sp³-hybridized carbons (Fsp3) is 0.368. The molecular weight excluding hydrogens is 403 g/mol. The van der Waals surface area contributed by atoms with Crippen LogP contribution in [0, 0.1) is 6.92 Å². The van der Waals surface area contributed by atoms with Gasteiger partial charge in [0.25, 0.3) is 0 Å². The molecule has 1 aliphatic rings. The summed E-state index contributed by atoms with van der Waals surface area (Å²) in [5, 5.41) is 18.8. The van der Waals surface area contributed by atoms with Crippen LogP contribution >= 0.6 is 11.8 Å². The number of hydrogen-bond donors (Lipinski definition) is 4. The first-order chi connectivity index (χ1) is 13.7. The molecule has 29 heavy (non-hydrogen) atoms. The Balaban J connectivity index is 1.70. The van der Waals surface area contributed by atoms with Crippen molar-refractivity contribution < 1.29 is 18.3 Å². The van der Waals surface area contributed by atoms with E-state index in [1.54, 1.807) is 18.7 Å². The number of aliphatic hydroxyl groups excluding tert-OH is 1. The Morgan fingerprint density at radius 3 is 2.83 bits per heavy atom. The molecule has 2 atom stereocenters. The molecular formula is C19H22F3N5OS. The molecule has 0 aliphatic carbocycles. The highest BCUT2D eigenvalue weighted by Crippen LogP contribution is 2.36. The summed E-state index contributed by atoms with van der Waals surface area (Å²) in [6, 6.07) is 6.51. The zero-order valence-electron chi connectivity index (χ0n) is 15.9. The number of hydrogen-bond acceptors (Lipinski definition) is 7. The van der Waals surface area contributed by atoms with Crippen LogP contribution in [0.2, 0.25) is 0 Å². The van der Waals surface area contributed by atoms with Gasteiger partial charge in [0.05, 0.1) is 11.5 Å². The molecule has 0 bridgehead atoms. The summed E-state index contributed by atoms with van der Waals surface area (Å²) < 4.78 is 38.6. The van der Waals surface area contributed by atoms with Crippen molar-refractivity contribution in [2.45, 2.75) is 31.5 Å². The first-order valence-corrected chi connectivity index (χ1v) is 9.89.